The number of ether oxygens (including phenoxy) is 3. The first-order chi connectivity index (χ1) is 15.8. The lowest BCUT2D eigenvalue weighted by Gasteiger charge is -2.22. The standard InChI is InChI=1S/C24H20BrNO7/c1-31-19-12-11-17(14-20(19)32-2)24(28)33-23(22(27)15-7-4-3-5-8-15)21(25)16-9-6-10-18(13-16)26(29)30/h3-14,21,23H,1-2H3/t21-,23+/m1/s1. The predicted octanol–water partition coefficient (Wildman–Crippen LogP) is 5.16. The molecule has 0 amide bonds. The zero-order valence-electron chi connectivity index (χ0n) is 17.8. The van der Waals surface area contributed by atoms with Gasteiger partial charge in [-0.3, -0.25) is 14.9 Å². The van der Waals surface area contributed by atoms with E-state index in [2.05, 4.69) is 15.9 Å². The van der Waals surface area contributed by atoms with Gasteiger partial charge in [-0.05, 0) is 23.8 Å². The molecule has 0 aromatic heterocycles. The molecule has 0 radical (unpaired) electrons. The fourth-order valence-electron chi connectivity index (χ4n) is 3.14. The SMILES string of the molecule is COc1ccc(C(=O)O[C@H](C(=O)c2ccccc2)[C@H](Br)c2cccc([N+](=O)[O-])c2)cc1OC. The Balaban J connectivity index is 1.97. The molecule has 3 aromatic rings. The Morgan fingerprint density at radius 2 is 1.58 bits per heavy atom. The van der Waals surface area contributed by atoms with Crippen LogP contribution in [0.3, 0.4) is 0 Å². The van der Waals surface area contributed by atoms with Crippen LogP contribution in [0.15, 0.2) is 72.8 Å². The van der Waals surface area contributed by atoms with E-state index in [1.54, 1.807) is 42.5 Å². The highest BCUT2D eigenvalue weighted by atomic mass is 79.9. The molecule has 8 nitrogen and oxygen atoms in total. The number of benzene rings is 3. The number of ketones is 1. The van der Waals surface area contributed by atoms with Gasteiger partial charge in [0.05, 0.1) is 29.5 Å². The van der Waals surface area contributed by atoms with Gasteiger partial charge in [0.1, 0.15) is 0 Å². The summed E-state index contributed by atoms with van der Waals surface area (Å²) in [6.45, 7) is 0. The van der Waals surface area contributed by atoms with Gasteiger partial charge in [0.25, 0.3) is 5.69 Å². The Morgan fingerprint density at radius 3 is 2.21 bits per heavy atom. The van der Waals surface area contributed by atoms with E-state index in [1.165, 1.54) is 44.6 Å². The number of halogens is 1. The van der Waals surface area contributed by atoms with Gasteiger partial charge in [-0.1, -0.05) is 58.4 Å². The van der Waals surface area contributed by atoms with Crippen molar-refractivity contribution in [3.63, 3.8) is 0 Å². The van der Waals surface area contributed by atoms with E-state index >= 15 is 0 Å². The number of nitro groups is 1. The van der Waals surface area contributed by atoms with Gasteiger partial charge in [0.15, 0.2) is 17.6 Å². The molecule has 0 aliphatic carbocycles. The number of hydrogen-bond acceptors (Lipinski definition) is 7. The predicted molar refractivity (Wildman–Crippen MR) is 124 cm³/mol. The molecule has 0 unspecified atom stereocenters. The zero-order chi connectivity index (χ0) is 24.0. The molecule has 3 aromatic carbocycles. The Hall–Kier alpha value is -3.72. The molecule has 9 heteroatoms. The second kappa shape index (κ2) is 10.7. The zero-order valence-corrected chi connectivity index (χ0v) is 19.4. The van der Waals surface area contributed by atoms with Crippen LogP contribution in [0.1, 0.15) is 31.1 Å². The molecular weight excluding hydrogens is 494 g/mol. The van der Waals surface area contributed by atoms with Crippen molar-refractivity contribution in [2.75, 3.05) is 14.2 Å². The van der Waals surface area contributed by atoms with E-state index in [9.17, 15) is 19.7 Å². The molecule has 0 saturated heterocycles. The number of carbonyl (C=O) groups excluding carboxylic acids is 2. The Labute approximate surface area is 198 Å². The number of nitrogens with zero attached hydrogens (tertiary/aromatic N) is 1. The van der Waals surface area contributed by atoms with Gasteiger partial charge >= 0.3 is 5.97 Å². The highest BCUT2D eigenvalue weighted by Crippen LogP contribution is 2.34. The highest BCUT2D eigenvalue weighted by molar-refractivity contribution is 9.09. The third-order valence-corrected chi connectivity index (χ3v) is 5.84. The molecule has 0 fully saturated rings. The van der Waals surface area contributed by atoms with Crippen LogP contribution in [-0.2, 0) is 4.74 Å². The molecule has 0 aliphatic heterocycles. The molecule has 33 heavy (non-hydrogen) atoms. The van der Waals surface area contributed by atoms with Gasteiger partial charge in [0.2, 0.25) is 5.78 Å². The summed E-state index contributed by atoms with van der Waals surface area (Å²) in [4.78, 5) is 36.1. The first-order valence-electron chi connectivity index (χ1n) is 9.76. The van der Waals surface area contributed by atoms with Gasteiger partial charge in [0, 0.05) is 17.7 Å². The molecule has 0 saturated carbocycles. The van der Waals surface area contributed by atoms with Crippen LogP contribution >= 0.6 is 15.9 Å². The molecule has 2 atom stereocenters. The van der Waals surface area contributed by atoms with Crippen molar-refractivity contribution in [3.05, 3.63) is 99.6 Å². The van der Waals surface area contributed by atoms with Crippen molar-refractivity contribution in [1.29, 1.82) is 0 Å². The van der Waals surface area contributed by atoms with Crippen molar-refractivity contribution in [1.82, 2.24) is 0 Å². The van der Waals surface area contributed by atoms with Crippen molar-refractivity contribution in [2.45, 2.75) is 10.9 Å². The quantitative estimate of drug-likeness (QED) is 0.128. The maximum absolute atomic E-state index is 13.3. The summed E-state index contributed by atoms with van der Waals surface area (Å²) >= 11 is 3.42. The molecule has 3 rings (SSSR count). The minimum atomic E-state index is -1.30. The summed E-state index contributed by atoms with van der Waals surface area (Å²) < 4.78 is 16.1. The van der Waals surface area contributed by atoms with Gasteiger partial charge in [-0.25, -0.2) is 4.79 Å². The van der Waals surface area contributed by atoms with Crippen LogP contribution in [-0.4, -0.2) is 37.0 Å². The second-order valence-electron chi connectivity index (χ2n) is 6.88. The number of non-ortho nitro benzene ring substituents is 1. The fraction of sp³-hybridized carbons (Fsp3) is 0.167. The van der Waals surface area contributed by atoms with Crippen LogP contribution in [0.5, 0.6) is 11.5 Å². The summed E-state index contributed by atoms with van der Waals surface area (Å²) in [7, 11) is 2.91. The number of rotatable bonds is 9. The van der Waals surface area contributed by atoms with Crippen LogP contribution in [0.25, 0.3) is 0 Å². The van der Waals surface area contributed by atoms with Crippen molar-refractivity contribution in [2.24, 2.45) is 0 Å². The van der Waals surface area contributed by atoms with Crippen molar-refractivity contribution >= 4 is 33.4 Å². The van der Waals surface area contributed by atoms with Crippen LogP contribution < -0.4 is 9.47 Å². The number of Topliss-reactive ketones (excluding diaryl/α,β-unsaturated/α-hetero) is 1. The van der Waals surface area contributed by atoms with E-state index in [-0.39, 0.29) is 11.3 Å². The summed E-state index contributed by atoms with van der Waals surface area (Å²) in [6, 6.07) is 18.6. The minimum Gasteiger partial charge on any atom is -0.493 e. The summed E-state index contributed by atoms with van der Waals surface area (Å²) in [5.74, 6) is -0.467. The van der Waals surface area contributed by atoms with Gasteiger partial charge in [-0.2, -0.15) is 0 Å². The first kappa shape index (κ1) is 23.9. The average Bonchev–Trinajstić information content (AvgIpc) is 2.86. The van der Waals surface area contributed by atoms with Crippen molar-refractivity contribution in [3.8, 4) is 11.5 Å². The molecule has 0 N–H and O–H groups in total. The van der Waals surface area contributed by atoms with Crippen LogP contribution in [0, 0.1) is 10.1 Å². The topological polar surface area (TPSA) is 105 Å². The van der Waals surface area contributed by atoms with E-state index < -0.39 is 27.6 Å². The lowest BCUT2D eigenvalue weighted by Crippen LogP contribution is -2.31. The van der Waals surface area contributed by atoms with E-state index in [4.69, 9.17) is 14.2 Å². The number of nitro benzene ring substituents is 1. The Kier molecular flexibility index (Phi) is 7.78. The van der Waals surface area contributed by atoms with Gasteiger partial charge in [-0.15, -0.1) is 0 Å². The summed E-state index contributed by atoms with van der Waals surface area (Å²) in [5.41, 5.74) is 0.752. The molecule has 0 spiro atoms. The number of hydrogen-bond donors (Lipinski definition) is 0. The lowest BCUT2D eigenvalue weighted by atomic mass is 9.99. The molecule has 0 heterocycles. The average molecular weight is 514 g/mol. The van der Waals surface area contributed by atoms with Gasteiger partial charge < -0.3 is 14.2 Å². The number of methoxy groups -OCH3 is 2. The van der Waals surface area contributed by atoms with Crippen molar-refractivity contribution < 1.29 is 28.7 Å². The summed E-state index contributed by atoms with van der Waals surface area (Å²) in [6.07, 6.45) is -1.30. The third kappa shape index (κ3) is 5.56. The summed E-state index contributed by atoms with van der Waals surface area (Å²) in [5, 5.41) is 11.2. The highest BCUT2D eigenvalue weighted by Gasteiger charge is 2.33. The molecule has 0 aliphatic rings. The number of alkyl halides is 1. The first-order valence-corrected chi connectivity index (χ1v) is 10.7. The Morgan fingerprint density at radius 1 is 0.879 bits per heavy atom. The smallest absolute Gasteiger partial charge is 0.339 e. The fourth-order valence-corrected chi connectivity index (χ4v) is 3.78. The second-order valence-corrected chi connectivity index (χ2v) is 7.87. The maximum atomic E-state index is 13.3. The number of esters is 1. The number of carbonyl (C=O) groups is 2. The molecule has 0 bridgehead atoms. The molecule has 170 valence electrons. The van der Waals surface area contributed by atoms with E-state index in [1.807, 2.05) is 0 Å². The van der Waals surface area contributed by atoms with Crippen LogP contribution in [0.4, 0.5) is 5.69 Å². The largest absolute Gasteiger partial charge is 0.493 e. The maximum Gasteiger partial charge on any atom is 0.339 e. The van der Waals surface area contributed by atoms with E-state index in [0.717, 1.165) is 0 Å². The monoisotopic (exact) mass is 513 g/mol. The normalized spacial score (nSPS) is 12.3. The third-order valence-electron chi connectivity index (χ3n) is 4.84. The van der Waals surface area contributed by atoms with E-state index in [0.29, 0.717) is 22.6 Å². The van der Waals surface area contributed by atoms with Crippen LogP contribution in [0.2, 0.25) is 0 Å². The molecular formula is C24H20BrNO7. The lowest BCUT2D eigenvalue weighted by molar-refractivity contribution is -0.384. The minimum absolute atomic E-state index is 0.144. The Bertz CT molecular complexity index is 1170.